The van der Waals surface area contributed by atoms with E-state index in [-0.39, 0.29) is 12.5 Å². The lowest BCUT2D eigenvalue weighted by molar-refractivity contribution is -0.143. The van der Waals surface area contributed by atoms with E-state index in [2.05, 4.69) is 21.2 Å². The first kappa shape index (κ1) is 16.4. The Balaban J connectivity index is 2.33. The topological polar surface area (TPSA) is 55.4 Å². The molecule has 0 heterocycles. The first-order valence-electron chi connectivity index (χ1n) is 6.34. The number of esters is 1. The van der Waals surface area contributed by atoms with Crippen LogP contribution in [-0.4, -0.2) is 25.0 Å². The van der Waals surface area contributed by atoms with E-state index >= 15 is 0 Å². The molecule has 1 aromatic carbocycles. The third-order valence-corrected chi connectivity index (χ3v) is 2.86. The molecule has 0 unspecified atom stereocenters. The van der Waals surface area contributed by atoms with Crippen LogP contribution in [0.5, 0.6) is 0 Å². The van der Waals surface area contributed by atoms with Crippen LogP contribution >= 0.6 is 15.9 Å². The van der Waals surface area contributed by atoms with Gasteiger partial charge in [-0.3, -0.25) is 4.79 Å². The summed E-state index contributed by atoms with van der Waals surface area (Å²) in [5, 5.41) is 2.67. The fourth-order valence-corrected chi connectivity index (χ4v) is 1.56. The molecular formula is C15H18BrNO3. The SMILES string of the molecule is CC(C)CNC(=O)COC(=O)/C=C/c1ccc(Br)cc1. The predicted octanol–water partition coefficient (Wildman–Crippen LogP) is 2.78. The van der Waals surface area contributed by atoms with E-state index in [0.29, 0.717) is 12.5 Å². The Bertz CT molecular complexity index is 480. The van der Waals surface area contributed by atoms with E-state index in [1.54, 1.807) is 6.08 Å². The van der Waals surface area contributed by atoms with Crippen molar-refractivity contribution < 1.29 is 14.3 Å². The van der Waals surface area contributed by atoms with Crippen LogP contribution in [0.2, 0.25) is 0 Å². The molecule has 0 aliphatic rings. The van der Waals surface area contributed by atoms with Gasteiger partial charge >= 0.3 is 5.97 Å². The van der Waals surface area contributed by atoms with Crippen LogP contribution in [0.4, 0.5) is 0 Å². The minimum Gasteiger partial charge on any atom is -0.452 e. The Labute approximate surface area is 127 Å². The van der Waals surface area contributed by atoms with Gasteiger partial charge in [0, 0.05) is 17.1 Å². The predicted molar refractivity (Wildman–Crippen MR) is 82.0 cm³/mol. The molecule has 0 saturated heterocycles. The maximum atomic E-state index is 11.4. The number of halogens is 1. The van der Waals surface area contributed by atoms with Gasteiger partial charge in [0.05, 0.1) is 0 Å². The van der Waals surface area contributed by atoms with Crippen LogP contribution in [0.15, 0.2) is 34.8 Å². The number of benzene rings is 1. The Kier molecular flexibility index (Phi) is 7.01. The van der Waals surface area contributed by atoms with Crippen LogP contribution < -0.4 is 5.32 Å². The largest absolute Gasteiger partial charge is 0.452 e. The van der Waals surface area contributed by atoms with Gasteiger partial charge in [-0.05, 0) is 29.7 Å². The lowest BCUT2D eigenvalue weighted by Gasteiger charge is -2.07. The molecule has 1 aromatic rings. The zero-order chi connectivity index (χ0) is 15.0. The number of carbonyl (C=O) groups excluding carboxylic acids is 2. The highest BCUT2D eigenvalue weighted by molar-refractivity contribution is 9.10. The van der Waals surface area contributed by atoms with E-state index < -0.39 is 5.97 Å². The number of rotatable bonds is 6. The van der Waals surface area contributed by atoms with Crippen molar-refractivity contribution in [1.82, 2.24) is 5.32 Å². The van der Waals surface area contributed by atoms with Gasteiger partial charge in [0.25, 0.3) is 5.91 Å². The van der Waals surface area contributed by atoms with Crippen molar-refractivity contribution >= 4 is 33.9 Å². The Morgan fingerprint density at radius 2 is 1.95 bits per heavy atom. The van der Waals surface area contributed by atoms with Crippen molar-refractivity contribution in [3.8, 4) is 0 Å². The van der Waals surface area contributed by atoms with Gasteiger partial charge in [-0.2, -0.15) is 0 Å². The molecule has 4 nitrogen and oxygen atoms in total. The summed E-state index contributed by atoms with van der Waals surface area (Å²) in [7, 11) is 0. The maximum absolute atomic E-state index is 11.4. The average molecular weight is 340 g/mol. The summed E-state index contributed by atoms with van der Waals surface area (Å²) in [5.41, 5.74) is 0.884. The van der Waals surface area contributed by atoms with Crippen molar-refractivity contribution in [1.29, 1.82) is 0 Å². The fraction of sp³-hybridized carbons (Fsp3) is 0.333. The molecule has 0 aliphatic carbocycles. The lowest BCUT2D eigenvalue weighted by atomic mass is 10.2. The molecule has 1 N–H and O–H groups in total. The van der Waals surface area contributed by atoms with Gasteiger partial charge in [-0.25, -0.2) is 4.79 Å². The average Bonchev–Trinajstić information content (AvgIpc) is 2.42. The van der Waals surface area contributed by atoms with Crippen molar-refractivity contribution in [2.75, 3.05) is 13.2 Å². The minimum absolute atomic E-state index is 0.254. The van der Waals surface area contributed by atoms with Crippen molar-refractivity contribution in [2.45, 2.75) is 13.8 Å². The van der Waals surface area contributed by atoms with Gasteiger partial charge in [-0.1, -0.05) is 41.9 Å². The monoisotopic (exact) mass is 339 g/mol. The number of carbonyl (C=O) groups is 2. The van der Waals surface area contributed by atoms with Crippen LogP contribution in [0.1, 0.15) is 19.4 Å². The highest BCUT2D eigenvalue weighted by atomic mass is 79.9. The molecule has 5 heteroatoms. The molecule has 0 aromatic heterocycles. The van der Waals surface area contributed by atoms with E-state index in [0.717, 1.165) is 10.0 Å². The molecule has 0 saturated carbocycles. The second kappa shape index (κ2) is 8.53. The fourth-order valence-electron chi connectivity index (χ4n) is 1.29. The van der Waals surface area contributed by atoms with Crippen molar-refractivity contribution in [3.05, 3.63) is 40.4 Å². The molecule has 20 heavy (non-hydrogen) atoms. The molecule has 0 spiro atoms. The summed E-state index contributed by atoms with van der Waals surface area (Å²) < 4.78 is 5.81. The summed E-state index contributed by atoms with van der Waals surface area (Å²) in [6.07, 6.45) is 2.94. The van der Waals surface area contributed by atoms with Crippen molar-refractivity contribution in [2.24, 2.45) is 5.92 Å². The Morgan fingerprint density at radius 1 is 1.30 bits per heavy atom. The molecule has 0 aliphatic heterocycles. The smallest absolute Gasteiger partial charge is 0.331 e. The summed E-state index contributed by atoms with van der Waals surface area (Å²) in [5.74, 6) is -0.455. The Hall–Kier alpha value is -1.62. The zero-order valence-electron chi connectivity index (χ0n) is 11.6. The number of nitrogens with one attached hydrogen (secondary N) is 1. The molecule has 1 rings (SSSR count). The third-order valence-electron chi connectivity index (χ3n) is 2.33. The summed E-state index contributed by atoms with van der Waals surface area (Å²) in [4.78, 5) is 22.8. The van der Waals surface area contributed by atoms with Gasteiger partial charge in [0.15, 0.2) is 6.61 Å². The van der Waals surface area contributed by atoms with E-state index in [1.807, 2.05) is 38.1 Å². The van der Waals surface area contributed by atoms with Crippen LogP contribution in [-0.2, 0) is 14.3 Å². The minimum atomic E-state index is -0.535. The maximum Gasteiger partial charge on any atom is 0.331 e. The first-order chi connectivity index (χ1) is 9.47. The molecular weight excluding hydrogens is 322 g/mol. The van der Waals surface area contributed by atoms with Gasteiger partial charge in [0.1, 0.15) is 0 Å². The normalized spacial score (nSPS) is 10.8. The second-order valence-corrected chi connectivity index (χ2v) is 5.61. The summed E-state index contributed by atoms with van der Waals surface area (Å²) >= 11 is 3.33. The highest BCUT2D eigenvalue weighted by Crippen LogP contribution is 2.11. The first-order valence-corrected chi connectivity index (χ1v) is 7.14. The van der Waals surface area contributed by atoms with Crippen molar-refractivity contribution in [3.63, 3.8) is 0 Å². The summed E-state index contributed by atoms with van der Waals surface area (Å²) in [6.45, 7) is 4.31. The van der Waals surface area contributed by atoms with E-state index in [4.69, 9.17) is 4.74 Å². The van der Waals surface area contributed by atoms with Crippen LogP contribution in [0.25, 0.3) is 6.08 Å². The second-order valence-electron chi connectivity index (χ2n) is 4.69. The quantitative estimate of drug-likeness (QED) is 0.640. The molecule has 108 valence electrons. The van der Waals surface area contributed by atoms with Crippen LogP contribution in [0.3, 0.4) is 0 Å². The Morgan fingerprint density at radius 3 is 2.55 bits per heavy atom. The number of hydrogen-bond donors (Lipinski definition) is 1. The number of amides is 1. The third kappa shape index (κ3) is 7.09. The molecule has 0 bridgehead atoms. The molecule has 0 radical (unpaired) electrons. The zero-order valence-corrected chi connectivity index (χ0v) is 13.1. The molecule has 0 atom stereocenters. The highest BCUT2D eigenvalue weighted by Gasteiger charge is 2.05. The van der Waals surface area contributed by atoms with E-state index in [1.165, 1.54) is 6.08 Å². The van der Waals surface area contributed by atoms with E-state index in [9.17, 15) is 9.59 Å². The van der Waals surface area contributed by atoms with Gasteiger partial charge in [-0.15, -0.1) is 0 Å². The lowest BCUT2D eigenvalue weighted by Crippen LogP contribution is -2.31. The standard InChI is InChI=1S/C15H18BrNO3/c1-11(2)9-17-14(18)10-20-15(19)8-5-12-3-6-13(16)7-4-12/h3-8,11H,9-10H2,1-2H3,(H,17,18)/b8-5+. The molecule has 0 fully saturated rings. The number of ether oxygens (including phenoxy) is 1. The van der Waals surface area contributed by atoms with Gasteiger partial charge in [0.2, 0.25) is 0 Å². The van der Waals surface area contributed by atoms with Gasteiger partial charge < -0.3 is 10.1 Å². The molecule has 1 amide bonds. The van der Waals surface area contributed by atoms with Crippen LogP contribution in [0, 0.1) is 5.92 Å². The summed E-state index contributed by atoms with van der Waals surface area (Å²) in [6, 6.07) is 7.49. The number of hydrogen-bond acceptors (Lipinski definition) is 3.